The Morgan fingerprint density at radius 2 is 1.43 bits per heavy atom. The number of ketones is 2. The molecule has 1 amide bonds. The Morgan fingerprint density at radius 1 is 0.913 bits per heavy atom. The highest BCUT2D eigenvalue weighted by Gasteiger charge is 2.29. The Labute approximate surface area is 134 Å². The molecule has 5 heteroatoms. The molecule has 3 N–H and O–H groups in total. The molecule has 0 aliphatic heterocycles. The molecular formula is C18H18N2O3. The second-order valence-electron chi connectivity index (χ2n) is 5.19. The van der Waals surface area contributed by atoms with Gasteiger partial charge in [0.15, 0.2) is 11.6 Å². The standard InChI is InChI=1S/C18H18N2O3/c1-12(21)15(17(22)14-10-6-3-7-11-14)20-16(18(19)23)13-8-4-2-5-9-13/h2-11,15-16,20H,1H3,(H2,19,23). The third kappa shape index (κ3) is 4.11. The second-order valence-corrected chi connectivity index (χ2v) is 5.19. The Morgan fingerprint density at radius 3 is 1.91 bits per heavy atom. The first-order valence-corrected chi connectivity index (χ1v) is 7.20. The summed E-state index contributed by atoms with van der Waals surface area (Å²) in [5.74, 6) is -1.41. The number of benzene rings is 2. The van der Waals surface area contributed by atoms with Crippen LogP contribution in [-0.2, 0) is 9.59 Å². The maximum absolute atomic E-state index is 12.5. The van der Waals surface area contributed by atoms with Crippen molar-refractivity contribution < 1.29 is 14.4 Å². The molecular weight excluding hydrogens is 292 g/mol. The molecule has 0 fully saturated rings. The van der Waals surface area contributed by atoms with Crippen LogP contribution in [0.4, 0.5) is 0 Å². The van der Waals surface area contributed by atoms with Gasteiger partial charge in [-0.25, -0.2) is 0 Å². The molecule has 118 valence electrons. The van der Waals surface area contributed by atoms with E-state index in [0.717, 1.165) is 0 Å². The third-order valence-electron chi connectivity index (χ3n) is 3.48. The Kier molecular flexibility index (Phi) is 5.38. The number of nitrogens with two attached hydrogens (primary N) is 1. The summed E-state index contributed by atoms with van der Waals surface area (Å²) in [6, 6.07) is 15.2. The molecule has 2 atom stereocenters. The number of primary amides is 1. The van der Waals surface area contributed by atoms with Crippen molar-refractivity contribution in [1.82, 2.24) is 5.32 Å². The zero-order valence-corrected chi connectivity index (χ0v) is 12.7. The van der Waals surface area contributed by atoms with Crippen molar-refractivity contribution in [3.8, 4) is 0 Å². The first-order chi connectivity index (χ1) is 11.0. The molecule has 0 bridgehead atoms. The number of hydrogen-bond donors (Lipinski definition) is 2. The van der Waals surface area contributed by atoms with Crippen molar-refractivity contribution in [1.29, 1.82) is 0 Å². The van der Waals surface area contributed by atoms with E-state index in [1.54, 1.807) is 60.7 Å². The third-order valence-corrected chi connectivity index (χ3v) is 3.48. The summed E-state index contributed by atoms with van der Waals surface area (Å²) in [5.41, 5.74) is 6.44. The molecule has 2 aromatic carbocycles. The van der Waals surface area contributed by atoms with E-state index in [0.29, 0.717) is 11.1 Å². The number of Topliss-reactive ketones (excluding diaryl/α,β-unsaturated/α-hetero) is 2. The van der Waals surface area contributed by atoms with E-state index in [1.165, 1.54) is 6.92 Å². The number of hydrogen-bond acceptors (Lipinski definition) is 4. The van der Waals surface area contributed by atoms with Gasteiger partial charge in [0.25, 0.3) is 0 Å². The van der Waals surface area contributed by atoms with E-state index in [4.69, 9.17) is 5.73 Å². The lowest BCUT2D eigenvalue weighted by molar-refractivity contribution is -0.121. The minimum Gasteiger partial charge on any atom is -0.368 e. The van der Waals surface area contributed by atoms with Crippen LogP contribution < -0.4 is 11.1 Å². The predicted molar refractivity (Wildman–Crippen MR) is 86.8 cm³/mol. The van der Waals surface area contributed by atoms with E-state index in [-0.39, 0.29) is 11.6 Å². The van der Waals surface area contributed by atoms with Gasteiger partial charge >= 0.3 is 0 Å². The van der Waals surface area contributed by atoms with Crippen LogP contribution in [0, 0.1) is 0 Å². The zero-order valence-electron chi connectivity index (χ0n) is 12.7. The highest BCUT2D eigenvalue weighted by Crippen LogP contribution is 2.15. The molecule has 0 aliphatic carbocycles. The number of amides is 1. The van der Waals surface area contributed by atoms with Gasteiger partial charge in [0, 0.05) is 5.56 Å². The molecule has 0 aromatic heterocycles. The second kappa shape index (κ2) is 7.47. The van der Waals surface area contributed by atoms with E-state index >= 15 is 0 Å². The summed E-state index contributed by atoms with van der Waals surface area (Å²) in [6.07, 6.45) is 0. The van der Waals surface area contributed by atoms with Crippen LogP contribution in [0.1, 0.15) is 28.9 Å². The van der Waals surface area contributed by atoms with Crippen LogP contribution in [0.5, 0.6) is 0 Å². The summed E-state index contributed by atoms with van der Waals surface area (Å²) in [7, 11) is 0. The van der Waals surface area contributed by atoms with Crippen LogP contribution in [0.15, 0.2) is 60.7 Å². The van der Waals surface area contributed by atoms with Gasteiger partial charge in [-0.15, -0.1) is 0 Å². The number of nitrogens with one attached hydrogen (secondary N) is 1. The fraction of sp³-hybridized carbons (Fsp3) is 0.167. The molecule has 5 nitrogen and oxygen atoms in total. The van der Waals surface area contributed by atoms with Gasteiger partial charge in [0.05, 0.1) is 0 Å². The van der Waals surface area contributed by atoms with Crippen molar-refractivity contribution in [2.24, 2.45) is 5.73 Å². The molecule has 0 saturated carbocycles. The summed E-state index contributed by atoms with van der Waals surface area (Å²) >= 11 is 0. The van der Waals surface area contributed by atoms with Crippen LogP contribution in [0.3, 0.4) is 0 Å². The summed E-state index contributed by atoms with van der Waals surface area (Å²) in [4.78, 5) is 36.2. The SMILES string of the molecule is CC(=O)C(NC(C(N)=O)c1ccccc1)C(=O)c1ccccc1. The molecule has 0 aliphatic rings. The molecule has 23 heavy (non-hydrogen) atoms. The van der Waals surface area contributed by atoms with Crippen molar-refractivity contribution in [3.63, 3.8) is 0 Å². The van der Waals surface area contributed by atoms with E-state index in [9.17, 15) is 14.4 Å². The monoisotopic (exact) mass is 310 g/mol. The summed E-state index contributed by atoms with van der Waals surface area (Å²) in [5, 5.41) is 2.79. The van der Waals surface area contributed by atoms with Crippen LogP contribution >= 0.6 is 0 Å². The normalized spacial score (nSPS) is 13.1. The van der Waals surface area contributed by atoms with Gasteiger partial charge < -0.3 is 5.73 Å². The predicted octanol–water partition coefficient (Wildman–Crippen LogP) is 1.64. The Balaban J connectivity index is 2.29. The molecule has 2 unspecified atom stereocenters. The van der Waals surface area contributed by atoms with Crippen LogP contribution in [-0.4, -0.2) is 23.5 Å². The first-order valence-electron chi connectivity index (χ1n) is 7.20. The highest BCUT2D eigenvalue weighted by molar-refractivity contribution is 6.13. The quantitative estimate of drug-likeness (QED) is 0.601. The number of rotatable bonds is 7. The summed E-state index contributed by atoms with van der Waals surface area (Å²) in [6.45, 7) is 1.31. The van der Waals surface area contributed by atoms with Gasteiger partial charge in [-0.2, -0.15) is 0 Å². The molecule has 0 saturated heterocycles. The van der Waals surface area contributed by atoms with Crippen LogP contribution in [0.2, 0.25) is 0 Å². The minimum absolute atomic E-state index is 0.374. The van der Waals surface area contributed by atoms with Gasteiger partial charge in [-0.05, 0) is 12.5 Å². The van der Waals surface area contributed by atoms with Gasteiger partial charge in [0.2, 0.25) is 5.91 Å². The van der Waals surface area contributed by atoms with Crippen molar-refractivity contribution >= 4 is 17.5 Å². The lowest BCUT2D eigenvalue weighted by atomic mass is 9.98. The van der Waals surface area contributed by atoms with Crippen molar-refractivity contribution in [2.75, 3.05) is 0 Å². The molecule has 0 radical (unpaired) electrons. The Hall–Kier alpha value is -2.79. The number of carbonyl (C=O) groups excluding carboxylic acids is 3. The molecule has 0 heterocycles. The fourth-order valence-corrected chi connectivity index (χ4v) is 2.30. The maximum Gasteiger partial charge on any atom is 0.239 e. The first kappa shape index (κ1) is 16.6. The zero-order chi connectivity index (χ0) is 16.8. The smallest absolute Gasteiger partial charge is 0.239 e. The maximum atomic E-state index is 12.5. The van der Waals surface area contributed by atoms with Crippen molar-refractivity contribution in [3.05, 3.63) is 71.8 Å². The van der Waals surface area contributed by atoms with E-state index in [2.05, 4.69) is 5.32 Å². The molecule has 2 aromatic rings. The van der Waals surface area contributed by atoms with Gasteiger partial charge in [0.1, 0.15) is 12.1 Å². The van der Waals surface area contributed by atoms with Gasteiger partial charge in [-0.3, -0.25) is 19.7 Å². The summed E-state index contributed by atoms with van der Waals surface area (Å²) < 4.78 is 0. The topological polar surface area (TPSA) is 89.3 Å². The van der Waals surface area contributed by atoms with Crippen molar-refractivity contribution in [2.45, 2.75) is 19.0 Å². The highest BCUT2D eigenvalue weighted by atomic mass is 16.2. The lowest BCUT2D eigenvalue weighted by Crippen LogP contribution is -2.47. The van der Waals surface area contributed by atoms with Crippen LogP contribution in [0.25, 0.3) is 0 Å². The average molecular weight is 310 g/mol. The Bertz CT molecular complexity index is 699. The lowest BCUT2D eigenvalue weighted by Gasteiger charge is -2.21. The fourth-order valence-electron chi connectivity index (χ4n) is 2.30. The number of carbonyl (C=O) groups is 3. The molecule has 2 rings (SSSR count). The van der Waals surface area contributed by atoms with E-state index < -0.39 is 18.0 Å². The molecule has 0 spiro atoms. The minimum atomic E-state index is -1.13. The van der Waals surface area contributed by atoms with Gasteiger partial charge in [-0.1, -0.05) is 60.7 Å². The largest absolute Gasteiger partial charge is 0.368 e. The average Bonchev–Trinajstić information content (AvgIpc) is 2.56. The van der Waals surface area contributed by atoms with E-state index in [1.807, 2.05) is 0 Å².